The number of rotatable bonds is 2. The van der Waals surface area contributed by atoms with Gasteiger partial charge in [-0.1, -0.05) is 0 Å². The standard InChI is InChI=1S/C22H25N7O/c1-13-9-19(26-28-12-14(2)24-21(13)28)18-6-5-17-20(25-18)11-23-29(22(17)30)16-7-8-27(4)15(3)10-16/h5-6,9,11-12,15-16H,7-8,10H2,1-4H3/t15-,16-/m0/s1. The van der Waals surface area contributed by atoms with E-state index in [1.165, 1.54) is 0 Å². The van der Waals surface area contributed by atoms with Gasteiger partial charge in [-0.2, -0.15) is 10.2 Å². The zero-order chi connectivity index (χ0) is 21.0. The van der Waals surface area contributed by atoms with Crippen molar-refractivity contribution < 1.29 is 0 Å². The molecular formula is C22H25N7O. The van der Waals surface area contributed by atoms with Crippen molar-refractivity contribution in [2.24, 2.45) is 0 Å². The zero-order valence-corrected chi connectivity index (χ0v) is 17.7. The lowest BCUT2D eigenvalue weighted by Gasteiger charge is -2.35. The van der Waals surface area contributed by atoms with Crippen molar-refractivity contribution in [1.82, 2.24) is 34.3 Å². The van der Waals surface area contributed by atoms with Crippen molar-refractivity contribution >= 4 is 16.6 Å². The van der Waals surface area contributed by atoms with E-state index in [4.69, 9.17) is 4.98 Å². The second-order valence-corrected chi connectivity index (χ2v) is 8.39. The summed E-state index contributed by atoms with van der Waals surface area (Å²) < 4.78 is 3.43. The molecule has 5 heterocycles. The molecule has 1 fully saturated rings. The molecule has 30 heavy (non-hydrogen) atoms. The van der Waals surface area contributed by atoms with Crippen molar-refractivity contribution in [1.29, 1.82) is 0 Å². The first-order valence-corrected chi connectivity index (χ1v) is 10.3. The first kappa shape index (κ1) is 18.9. The first-order valence-electron chi connectivity index (χ1n) is 10.3. The van der Waals surface area contributed by atoms with Gasteiger partial charge in [0.05, 0.1) is 40.7 Å². The summed E-state index contributed by atoms with van der Waals surface area (Å²) >= 11 is 0. The molecule has 0 radical (unpaired) electrons. The summed E-state index contributed by atoms with van der Waals surface area (Å²) in [6.45, 7) is 7.12. The summed E-state index contributed by atoms with van der Waals surface area (Å²) in [5.41, 5.74) is 4.77. The lowest BCUT2D eigenvalue weighted by molar-refractivity contribution is 0.148. The number of aromatic nitrogens is 6. The summed E-state index contributed by atoms with van der Waals surface area (Å²) in [5, 5.41) is 9.72. The quantitative estimate of drug-likeness (QED) is 0.512. The van der Waals surface area contributed by atoms with Gasteiger partial charge in [-0.3, -0.25) is 4.79 Å². The normalized spacial score (nSPS) is 20.3. The van der Waals surface area contributed by atoms with Crippen LogP contribution in [0.25, 0.3) is 27.9 Å². The molecule has 0 N–H and O–H groups in total. The molecule has 4 aromatic rings. The average molecular weight is 403 g/mol. The van der Waals surface area contributed by atoms with E-state index in [-0.39, 0.29) is 11.6 Å². The maximum atomic E-state index is 13.1. The van der Waals surface area contributed by atoms with Crippen LogP contribution in [-0.2, 0) is 0 Å². The maximum absolute atomic E-state index is 13.1. The van der Waals surface area contributed by atoms with E-state index in [0.717, 1.165) is 42.0 Å². The number of aryl methyl sites for hydroxylation is 2. The Morgan fingerprint density at radius 3 is 2.77 bits per heavy atom. The number of hydrogen-bond donors (Lipinski definition) is 0. The van der Waals surface area contributed by atoms with Crippen LogP contribution in [-0.4, -0.2) is 53.9 Å². The number of pyridine rings is 1. The molecule has 5 rings (SSSR count). The fraction of sp³-hybridized carbons (Fsp3) is 0.409. The molecule has 1 saturated heterocycles. The third-order valence-electron chi connectivity index (χ3n) is 6.19. The molecule has 8 nitrogen and oxygen atoms in total. The van der Waals surface area contributed by atoms with Crippen LogP contribution < -0.4 is 5.56 Å². The molecule has 0 spiro atoms. The maximum Gasteiger partial charge on any atom is 0.276 e. The van der Waals surface area contributed by atoms with Gasteiger partial charge in [-0.05, 0) is 64.4 Å². The lowest BCUT2D eigenvalue weighted by atomic mass is 9.99. The molecular weight excluding hydrogens is 378 g/mol. The number of piperidine rings is 1. The summed E-state index contributed by atoms with van der Waals surface area (Å²) in [5.74, 6) is 0. The van der Waals surface area contributed by atoms with E-state index in [2.05, 4.69) is 34.1 Å². The van der Waals surface area contributed by atoms with Crippen molar-refractivity contribution in [2.75, 3.05) is 13.6 Å². The Kier molecular flexibility index (Phi) is 4.39. The minimum atomic E-state index is -0.0712. The van der Waals surface area contributed by atoms with E-state index >= 15 is 0 Å². The number of fused-ring (bicyclic) bond motifs is 2. The number of nitrogens with zero attached hydrogens (tertiary/aromatic N) is 7. The van der Waals surface area contributed by atoms with Crippen LogP contribution in [0.5, 0.6) is 0 Å². The van der Waals surface area contributed by atoms with Gasteiger partial charge in [-0.25, -0.2) is 19.2 Å². The summed E-state index contributed by atoms with van der Waals surface area (Å²) in [6, 6.07) is 6.25. The monoisotopic (exact) mass is 403 g/mol. The van der Waals surface area contributed by atoms with Crippen LogP contribution in [0, 0.1) is 13.8 Å². The number of imidazole rings is 1. The highest BCUT2D eigenvalue weighted by atomic mass is 16.1. The largest absolute Gasteiger partial charge is 0.304 e. The van der Waals surface area contributed by atoms with Crippen molar-refractivity contribution in [2.45, 2.75) is 45.7 Å². The number of hydrogen-bond acceptors (Lipinski definition) is 6. The van der Waals surface area contributed by atoms with Gasteiger partial charge >= 0.3 is 0 Å². The van der Waals surface area contributed by atoms with E-state index < -0.39 is 0 Å². The van der Waals surface area contributed by atoms with E-state index in [0.29, 0.717) is 22.6 Å². The fourth-order valence-corrected chi connectivity index (χ4v) is 4.31. The Morgan fingerprint density at radius 2 is 1.97 bits per heavy atom. The van der Waals surface area contributed by atoms with Gasteiger partial charge in [0, 0.05) is 12.6 Å². The van der Waals surface area contributed by atoms with E-state index in [1.54, 1.807) is 15.4 Å². The topological polar surface area (TPSA) is 81.2 Å². The van der Waals surface area contributed by atoms with Crippen molar-refractivity contribution in [3.63, 3.8) is 0 Å². The van der Waals surface area contributed by atoms with Gasteiger partial charge in [-0.15, -0.1) is 0 Å². The zero-order valence-electron chi connectivity index (χ0n) is 17.7. The molecule has 0 amide bonds. The van der Waals surface area contributed by atoms with Gasteiger partial charge < -0.3 is 4.90 Å². The summed E-state index contributed by atoms with van der Waals surface area (Å²) in [7, 11) is 2.13. The van der Waals surface area contributed by atoms with E-state index in [9.17, 15) is 4.79 Å². The summed E-state index contributed by atoms with van der Waals surface area (Å²) in [4.78, 5) is 24.6. The van der Waals surface area contributed by atoms with Gasteiger partial charge in [0.15, 0.2) is 5.65 Å². The average Bonchev–Trinajstić information content (AvgIpc) is 3.11. The van der Waals surface area contributed by atoms with Crippen LogP contribution in [0.4, 0.5) is 0 Å². The Hall–Kier alpha value is -3.13. The minimum Gasteiger partial charge on any atom is -0.304 e. The summed E-state index contributed by atoms with van der Waals surface area (Å²) in [6.07, 6.45) is 5.46. The fourth-order valence-electron chi connectivity index (χ4n) is 4.31. The predicted molar refractivity (Wildman–Crippen MR) is 116 cm³/mol. The molecule has 0 bridgehead atoms. The SMILES string of the molecule is Cc1cn2nc(-c3ccc4c(=O)n([C@H]5CCN(C)[C@@H](C)C5)ncc4n3)cc(C)c2n1. The van der Waals surface area contributed by atoms with Crippen LogP contribution in [0.3, 0.4) is 0 Å². The Morgan fingerprint density at radius 1 is 1.13 bits per heavy atom. The number of likely N-dealkylation sites (tertiary alicyclic amines) is 1. The molecule has 154 valence electrons. The first-order chi connectivity index (χ1) is 14.4. The Bertz CT molecular complexity index is 1320. The van der Waals surface area contributed by atoms with Crippen LogP contribution >= 0.6 is 0 Å². The molecule has 8 heteroatoms. The second-order valence-electron chi connectivity index (χ2n) is 8.39. The van der Waals surface area contributed by atoms with Crippen LogP contribution in [0.1, 0.15) is 37.1 Å². The molecule has 0 aliphatic carbocycles. The van der Waals surface area contributed by atoms with Crippen LogP contribution in [0.15, 0.2) is 35.4 Å². The molecule has 1 aliphatic heterocycles. The third kappa shape index (κ3) is 3.08. The Balaban J connectivity index is 1.55. The molecule has 4 aromatic heterocycles. The van der Waals surface area contributed by atoms with Gasteiger partial charge in [0.2, 0.25) is 0 Å². The third-order valence-corrected chi connectivity index (χ3v) is 6.19. The van der Waals surface area contributed by atoms with Crippen LogP contribution in [0.2, 0.25) is 0 Å². The smallest absolute Gasteiger partial charge is 0.276 e. The van der Waals surface area contributed by atoms with Gasteiger partial charge in [0.25, 0.3) is 5.56 Å². The van der Waals surface area contributed by atoms with Crippen molar-refractivity contribution in [3.05, 3.63) is 52.2 Å². The van der Waals surface area contributed by atoms with E-state index in [1.807, 2.05) is 38.2 Å². The van der Waals surface area contributed by atoms with Gasteiger partial charge in [0.1, 0.15) is 5.69 Å². The Labute approximate surface area is 174 Å². The molecule has 0 saturated carbocycles. The highest BCUT2D eigenvalue weighted by Crippen LogP contribution is 2.25. The molecule has 0 aromatic carbocycles. The minimum absolute atomic E-state index is 0.0712. The molecule has 0 unspecified atom stereocenters. The highest BCUT2D eigenvalue weighted by Gasteiger charge is 2.26. The highest BCUT2D eigenvalue weighted by molar-refractivity contribution is 5.79. The second kappa shape index (κ2) is 6.98. The predicted octanol–water partition coefficient (Wildman–Crippen LogP) is 2.77. The lowest BCUT2D eigenvalue weighted by Crippen LogP contribution is -2.41. The molecule has 2 atom stereocenters. The van der Waals surface area contributed by atoms with Crippen molar-refractivity contribution in [3.8, 4) is 11.4 Å². The molecule has 1 aliphatic rings.